The quantitative estimate of drug-likeness (QED) is 0.774. The van der Waals surface area contributed by atoms with Gasteiger partial charge in [0.05, 0.1) is 0 Å². The van der Waals surface area contributed by atoms with Crippen LogP contribution in [0.5, 0.6) is 0 Å². The van der Waals surface area contributed by atoms with Crippen LogP contribution in [0, 0.1) is 5.92 Å². The molecule has 2 aromatic rings. The second-order valence-corrected chi connectivity index (χ2v) is 7.97. The maximum atomic E-state index is 10.8. The second kappa shape index (κ2) is 12.5. The highest BCUT2D eigenvalue weighted by atomic mass is 16.1. The van der Waals surface area contributed by atoms with Gasteiger partial charge in [-0.05, 0) is 23.8 Å². The number of ketones is 1. The van der Waals surface area contributed by atoms with Crippen molar-refractivity contribution in [2.45, 2.75) is 59.8 Å². The molecule has 0 atom stereocenters. The first kappa shape index (κ1) is 25.0. The Morgan fingerprint density at radius 2 is 1.53 bits per heavy atom. The maximum Gasteiger partial charge on any atom is 0.248 e. The van der Waals surface area contributed by atoms with Gasteiger partial charge in [-0.3, -0.25) is 19.4 Å². The minimum absolute atomic E-state index is 0.0220. The van der Waals surface area contributed by atoms with Crippen LogP contribution in [0.3, 0.4) is 0 Å². The van der Waals surface area contributed by atoms with Crippen LogP contribution in [0.2, 0.25) is 0 Å². The topological polar surface area (TPSA) is 95.2 Å². The number of nitrogens with zero attached hydrogens (tertiary/aromatic N) is 1. The Kier molecular flexibility index (Phi) is 10.4. The van der Waals surface area contributed by atoms with Crippen molar-refractivity contribution < 1.29 is 4.79 Å². The summed E-state index contributed by atoms with van der Waals surface area (Å²) >= 11 is 0. The smallest absolute Gasteiger partial charge is 0.248 e. The zero-order chi connectivity index (χ0) is 22.7. The number of hydrogen-bond acceptors (Lipinski definition) is 4. The van der Waals surface area contributed by atoms with Crippen LogP contribution in [0.15, 0.2) is 62.9 Å². The molecule has 0 radical (unpaired) electrons. The van der Waals surface area contributed by atoms with Gasteiger partial charge in [0.2, 0.25) is 5.56 Å². The summed E-state index contributed by atoms with van der Waals surface area (Å²) in [6, 6.07) is 8.36. The Bertz CT molecular complexity index is 922. The number of aromatic amines is 2. The Labute approximate surface area is 178 Å². The molecule has 6 nitrogen and oxygen atoms in total. The minimum atomic E-state index is -0.0220. The van der Waals surface area contributed by atoms with Crippen molar-refractivity contribution in [3.63, 3.8) is 0 Å². The summed E-state index contributed by atoms with van der Waals surface area (Å²) < 4.78 is 0. The van der Waals surface area contributed by atoms with E-state index in [1.165, 1.54) is 12.1 Å². The molecule has 0 unspecified atom stereocenters. The molecule has 6 heteroatoms. The lowest BCUT2D eigenvalue weighted by Crippen LogP contribution is -2.06. The van der Waals surface area contributed by atoms with Crippen LogP contribution in [0.1, 0.15) is 71.2 Å². The van der Waals surface area contributed by atoms with E-state index in [1.807, 2.05) is 47.6 Å². The first-order valence-corrected chi connectivity index (χ1v) is 10.2. The van der Waals surface area contributed by atoms with E-state index in [4.69, 9.17) is 0 Å². The zero-order valence-electron chi connectivity index (χ0n) is 18.7. The van der Waals surface area contributed by atoms with E-state index in [0.29, 0.717) is 24.2 Å². The number of nitrogens with one attached hydrogen (secondary N) is 2. The molecule has 0 aromatic carbocycles. The normalized spacial score (nSPS) is 12.8. The highest BCUT2D eigenvalue weighted by Gasteiger charge is 2.07. The lowest BCUT2D eigenvalue weighted by Gasteiger charge is -2.07. The van der Waals surface area contributed by atoms with Crippen LogP contribution in [0.4, 0.5) is 0 Å². The SMILES string of the molecule is CC(C)C1=CC(=O)CC=N1.CC(C)c1cc(=O)cc[nH]1.CC(C)c1cccc(=O)[nH]1. The van der Waals surface area contributed by atoms with Crippen LogP contribution in [0.25, 0.3) is 0 Å². The molecule has 0 amide bonds. The van der Waals surface area contributed by atoms with Gasteiger partial charge in [-0.15, -0.1) is 0 Å². The van der Waals surface area contributed by atoms with E-state index < -0.39 is 0 Å². The monoisotopic (exact) mass is 411 g/mol. The van der Waals surface area contributed by atoms with Gasteiger partial charge >= 0.3 is 0 Å². The average molecular weight is 412 g/mol. The highest BCUT2D eigenvalue weighted by molar-refractivity contribution is 6.01. The Morgan fingerprint density at radius 3 is 1.93 bits per heavy atom. The van der Waals surface area contributed by atoms with E-state index in [1.54, 1.807) is 30.6 Å². The lowest BCUT2D eigenvalue weighted by molar-refractivity contribution is -0.113. The molecular weight excluding hydrogens is 378 g/mol. The fraction of sp³-hybridized carbons (Fsp3) is 0.417. The van der Waals surface area contributed by atoms with Crippen molar-refractivity contribution in [3.05, 3.63) is 80.3 Å². The summed E-state index contributed by atoms with van der Waals surface area (Å²) in [6.45, 7) is 12.2. The van der Waals surface area contributed by atoms with Crippen LogP contribution in [-0.4, -0.2) is 22.0 Å². The molecule has 1 aliphatic rings. The number of carbonyl (C=O) groups is 1. The van der Waals surface area contributed by atoms with Crippen LogP contribution in [-0.2, 0) is 4.79 Å². The average Bonchev–Trinajstić information content (AvgIpc) is 2.69. The lowest BCUT2D eigenvalue weighted by atomic mass is 10.1. The first-order valence-electron chi connectivity index (χ1n) is 10.2. The summed E-state index contributed by atoms with van der Waals surface area (Å²) in [5, 5.41) is 0. The van der Waals surface area contributed by atoms with Gasteiger partial charge < -0.3 is 9.97 Å². The van der Waals surface area contributed by atoms with E-state index in [2.05, 4.69) is 15.0 Å². The van der Waals surface area contributed by atoms with Crippen LogP contribution < -0.4 is 11.0 Å². The third kappa shape index (κ3) is 9.45. The van der Waals surface area contributed by atoms with E-state index in [-0.39, 0.29) is 16.8 Å². The molecule has 3 rings (SSSR count). The third-order valence-electron chi connectivity index (χ3n) is 4.26. The van der Waals surface area contributed by atoms with Crippen molar-refractivity contribution in [1.82, 2.24) is 9.97 Å². The molecule has 162 valence electrons. The summed E-state index contributed by atoms with van der Waals surface area (Å²) in [5.41, 5.74) is 2.94. The number of aliphatic imine (C=N–C) groups is 1. The molecule has 0 spiro atoms. The number of rotatable bonds is 3. The number of aromatic nitrogens is 2. The molecule has 0 aliphatic carbocycles. The molecular formula is C24H33N3O3. The molecule has 0 saturated heterocycles. The van der Waals surface area contributed by atoms with Crippen molar-refractivity contribution >= 4 is 12.0 Å². The Balaban J connectivity index is 0.000000225. The maximum absolute atomic E-state index is 10.8. The minimum Gasteiger partial charge on any atom is -0.365 e. The fourth-order valence-electron chi connectivity index (χ4n) is 2.42. The number of H-pyrrole nitrogens is 2. The molecule has 0 fully saturated rings. The summed E-state index contributed by atoms with van der Waals surface area (Å²) in [7, 11) is 0. The first-order chi connectivity index (χ1) is 14.1. The molecule has 0 bridgehead atoms. The van der Waals surface area contributed by atoms with Gasteiger partial charge in [0.25, 0.3) is 0 Å². The van der Waals surface area contributed by atoms with E-state index in [9.17, 15) is 14.4 Å². The van der Waals surface area contributed by atoms with Crippen molar-refractivity contribution in [1.29, 1.82) is 0 Å². The van der Waals surface area contributed by atoms with Gasteiger partial charge in [-0.2, -0.15) is 0 Å². The van der Waals surface area contributed by atoms with Gasteiger partial charge in [-0.1, -0.05) is 47.6 Å². The molecule has 3 heterocycles. The number of pyridine rings is 2. The molecule has 30 heavy (non-hydrogen) atoms. The van der Waals surface area contributed by atoms with Crippen LogP contribution >= 0.6 is 0 Å². The largest absolute Gasteiger partial charge is 0.365 e. The van der Waals surface area contributed by atoms with Gasteiger partial charge in [-0.25, -0.2) is 0 Å². The second-order valence-electron chi connectivity index (χ2n) is 7.97. The van der Waals surface area contributed by atoms with Gasteiger partial charge in [0.15, 0.2) is 11.2 Å². The summed E-state index contributed by atoms with van der Waals surface area (Å²) in [4.78, 5) is 42.2. The molecule has 1 aliphatic heterocycles. The molecule has 2 aromatic heterocycles. The van der Waals surface area contributed by atoms with Crippen molar-refractivity contribution in [3.8, 4) is 0 Å². The Hall–Kier alpha value is -3.02. The van der Waals surface area contributed by atoms with Gasteiger partial charge in [0, 0.05) is 60.2 Å². The highest BCUT2D eigenvalue weighted by Crippen LogP contribution is 2.13. The predicted molar refractivity (Wildman–Crippen MR) is 123 cm³/mol. The van der Waals surface area contributed by atoms with Gasteiger partial charge in [0.1, 0.15) is 0 Å². The standard InChI is InChI=1S/3C8H11NO/c2*1-6(2)8-5-7(10)3-4-9-8;1-6(2)7-4-3-5-8(10)9-7/h4-6H,3H2,1-2H3;2*3-6H,1-2H3,(H,9,10). The molecule has 2 N–H and O–H groups in total. The number of carbonyl (C=O) groups excluding carboxylic acids is 1. The zero-order valence-corrected chi connectivity index (χ0v) is 18.7. The fourth-order valence-corrected chi connectivity index (χ4v) is 2.42. The van der Waals surface area contributed by atoms with E-state index >= 15 is 0 Å². The number of allylic oxidation sites excluding steroid dienone is 2. The van der Waals surface area contributed by atoms with Crippen molar-refractivity contribution in [2.24, 2.45) is 10.9 Å². The predicted octanol–water partition coefficient (Wildman–Crippen LogP) is 4.57. The third-order valence-corrected chi connectivity index (χ3v) is 4.26. The molecule has 0 saturated carbocycles. The summed E-state index contributed by atoms with van der Waals surface area (Å²) in [5.74, 6) is 1.32. The van der Waals surface area contributed by atoms with E-state index in [0.717, 1.165) is 17.1 Å². The number of hydrogen-bond donors (Lipinski definition) is 2. The Morgan fingerprint density at radius 1 is 0.867 bits per heavy atom. The van der Waals surface area contributed by atoms with Crippen molar-refractivity contribution in [2.75, 3.05) is 0 Å². The summed E-state index contributed by atoms with van der Waals surface area (Å²) in [6.07, 6.45) is 5.45.